The summed E-state index contributed by atoms with van der Waals surface area (Å²) in [7, 11) is 0. The molecule has 1 fully saturated rings. The SMILES string of the molecule is NCCCCC(NCc1ccccc1)C(=O)NC1CCCCCC1. The van der Waals surface area contributed by atoms with Crippen LogP contribution in [-0.2, 0) is 11.3 Å². The number of hydrogen-bond donors (Lipinski definition) is 3. The second kappa shape index (κ2) is 11.2. The third-order valence-electron chi connectivity index (χ3n) is 4.86. The van der Waals surface area contributed by atoms with Crippen molar-refractivity contribution in [3.63, 3.8) is 0 Å². The molecule has 2 rings (SSSR count). The average Bonchev–Trinajstić information content (AvgIpc) is 2.87. The molecular formula is C20H33N3O. The summed E-state index contributed by atoms with van der Waals surface area (Å²) < 4.78 is 0. The molecule has 4 nitrogen and oxygen atoms in total. The number of hydrogen-bond acceptors (Lipinski definition) is 3. The van der Waals surface area contributed by atoms with Crippen LogP contribution in [0.3, 0.4) is 0 Å². The first kappa shape index (κ1) is 18.9. The summed E-state index contributed by atoms with van der Waals surface area (Å²) >= 11 is 0. The summed E-state index contributed by atoms with van der Waals surface area (Å²) in [5.41, 5.74) is 6.81. The van der Waals surface area contributed by atoms with E-state index >= 15 is 0 Å². The summed E-state index contributed by atoms with van der Waals surface area (Å²) in [4.78, 5) is 12.7. The molecule has 1 aliphatic rings. The molecule has 0 aromatic heterocycles. The normalized spacial score (nSPS) is 17.2. The Balaban J connectivity index is 1.86. The van der Waals surface area contributed by atoms with Crippen molar-refractivity contribution in [3.8, 4) is 0 Å². The number of nitrogens with one attached hydrogen (secondary N) is 2. The Hall–Kier alpha value is -1.39. The topological polar surface area (TPSA) is 67.1 Å². The predicted octanol–water partition coefficient (Wildman–Crippen LogP) is 3.11. The first-order valence-electron chi connectivity index (χ1n) is 9.57. The van der Waals surface area contributed by atoms with E-state index in [1.807, 2.05) is 18.2 Å². The van der Waals surface area contributed by atoms with E-state index in [4.69, 9.17) is 5.73 Å². The van der Waals surface area contributed by atoms with Gasteiger partial charge in [-0.15, -0.1) is 0 Å². The summed E-state index contributed by atoms with van der Waals surface area (Å²) in [6.45, 7) is 1.42. The molecular weight excluding hydrogens is 298 g/mol. The van der Waals surface area contributed by atoms with E-state index in [0.717, 1.165) is 38.6 Å². The zero-order chi connectivity index (χ0) is 17.0. The second-order valence-corrected chi connectivity index (χ2v) is 6.90. The molecule has 0 radical (unpaired) electrons. The Labute approximate surface area is 146 Å². The van der Waals surface area contributed by atoms with Crippen LogP contribution in [0.1, 0.15) is 63.4 Å². The zero-order valence-corrected chi connectivity index (χ0v) is 14.8. The highest BCUT2D eigenvalue weighted by Crippen LogP contribution is 2.17. The van der Waals surface area contributed by atoms with Crippen LogP contribution in [-0.4, -0.2) is 24.5 Å². The number of unbranched alkanes of at least 4 members (excludes halogenated alkanes) is 1. The zero-order valence-electron chi connectivity index (χ0n) is 14.8. The van der Waals surface area contributed by atoms with Gasteiger partial charge in [0.15, 0.2) is 0 Å². The van der Waals surface area contributed by atoms with E-state index in [9.17, 15) is 4.79 Å². The standard InChI is InChI=1S/C20H33N3O/c21-15-9-8-14-19(22-16-17-10-4-3-5-11-17)20(24)23-18-12-6-1-2-7-13-18/h3-5,10-11,18-19,22H,1-2,6-9,12-16,21H2,(H,23,24). The van der Waals surface area contributed by atoms with Crippen molar-refractivity contribution in [1.29, 1.82) is 0 Å². The molecule has 0 spiro atoms. The fraction of sp³-hybridized carbons (Fsp3) is 0.650. The largest absolute Gasteiger partial charge is 0.352 e. The Kier molecular flexibility index (Phi) is 8.85. The van der Waals surface area contributed by atoms with E-state index in [0.29, 0.717) is 12.6 Å². The smallest absolute Gasteiger partial charge is 0.237 e. The van der Waals surface area contributed by atoms with Crippen molar-refractivity contribution in [3.05, 3.63) is 35.9 Å². The Morgan fingerprint density at radius 2 is 1.79 bits per heavy atom. The maximum atomic E-state index is 12.7. The van der Waals surface area contributed by atoms with Crippen LogP contribution in [0, 0.1) is 0 Å². The maximum absolute atomic E-state index is 12.7. The van der Waals surface area contributed by atoms with Crippen molar-refractivity contribution in [1.82, 2.24) is 10.6 Å². The Bertz CT molecular complexity index is 455. The summed E-state index contributed by atoms with van der Waals surface area (Å²) in [5, 5.41) is 6.74. The van der Waals surface area contributed by atoms with Crippen molar-refractivity contribution in [2.45, 2.75) is 76.4 Å². The molecule has 0 aliphatic heterocycles. The highest BCUT2D eigenvalue weighted by Gasteiger charge is 2.21. The van der Waals surface area contributed by atoms with E-state index in [1.54, 1.807) is 0 Å². The predicted molar refractivity (Wildman–Crippen MR) is 99.6 cm³/mol. The second-order valence-electron chi connectivity index (χ2n) is 6.90. The number of carbonyl (C=O) groups is 1. The minimum absolute atomic E-state index is 0.125. The number of benzene rings is 1. The number of nitrogens with two attached hydrogens (primary N) is 1. The summed E-state index contributed by atoms with van der Waals surface area (Å²) in [6.07, 6.45) is 10.1. The average molecular weight is 332 g/mol. The van der Waals surface area contributed by atoms with Gasteiger partial charge in [0.25, 0.3) is 0 Å². The monoisotopic (exact) mass is 331 g/mol. The highest BCUT2D eigenvalue weighted by atomic mass is 16.2. The van der Waals surface area contributed by atoms with Crippen LogP contribution in [0.2, 0.25) is 0 Å². The molecule has 1 saturated carbocycles. The van der Waals surface area contributed by atoms with Gasteiger partial charge in [-0.25, -0.2) is 0 Å². The minimum Gasteiger partial charge on any atom is -0.352 e. The van der Waals surface area contributed by atoms with Crippen molar-refractivity contribution < 1.29 is 4.79 Å². The summed E-state index contributed by atoms with van der Waals surface area (Å²) in [5.74, 6) is 0.162. The van der Waals surface area contributed by atoms with E-state index in [2.05, 4.69) is 22.8 Å². The number of amides is 1. The van der Waals surface area contributed by atoms with Gasteiger partial charge in [-0.1, -0.05) is 62.4 Å². The quantitative estimate of drug-likeness (QED) is 0.481. The van der Waals surface area contributed by atoms with Crippen molar-refractivity contribution in [2.24, 2.45) is 5.73 Å². The van der Waals surface area contributed by atoms with Gasteiger partial charge in [0.05, 0.1) is 6.04 Å². The fourth-order valence-electron chi connectivity index (χ4n) is 3.38. The minimum atomic E-state index is -0.125. The van der Waals surface area contributed by atoms with Crippen LogP contribution in [0.5, 0.6) is 0 Å². The van der Waals surface area contributed by atoms with Crippen LogP contribution in [0.4, 0.5) is 0 Å². The summed E-state index contributed by atoms with van der Waals surface area (Å²) in [6, 6.07) is 10.5. The van der Waals surface area contributed by atoms with Crippen LogP contribution in [0.15, 0.2) is 30.3 Å². The number of rotatable bonds is 9. The van der Waals surface area contributed by atoms with E-state index in [1.165, 1.54) is 31.2 Å². The van der Waals surface area contributed by atoms with Crippen LogP contribution in [0.25, 0.3) is 0 Å². The molecule has 1 aromatic rings. The molecule has 0 bridgehead atoms. The molecule has 24 heavy (non-hydrogen) atoms. The first-order valence-corrected chi connectivity index (χ1v) is 9.57. The van der Waals surface area contributed by atoms with Gasteiger partial charge in [-0.3, -0.25) is 4.79 Å². The molecule has 1 unspecified atom stereocenters. The molecule has 1 aliphatic carbocycles. The molecule has 0 saturated heterocycles. The van der Waals surface area contributed by atoms with Gasteiger partial charge >= 0.3 is 0 Å². The molecule has 4 heteroatoms. The lowest BCUT2D eigenvalue weighted by Crippen LogP contribution is -2.47. The Morgan fingerprint density at radius 3 is 2.46 bits per heavy atom. The molecule has 134 valence electrons. The van der Waals surface area contributed by atoms with Crippen molar-refractivity contribution in [2.75, 3.05) is 6.54 Å². The van der Waals surface area contributed by atoms with Gasteiger partial charge in [-0.2, -0.15) is 0 Å². The van der Waals surface area contributed by atoms with E-state index in [-0.39, 0.29) is 11.9 Å². The third kappa shape index (κ3) is 7.02. The Morgan fingerprint density at radius 1 is 1.08 bits per heavy atom. The lowest BCUT2D eigenvalue weighted by atomic mass is 10.1. The van der Waals surface area contributed by atoms with Gasteiger partial charge < -0.3 is 16.4 Å². The van der Waals surface area contributed by atoms with E-state index < -0.39 is 0 Å². The van der Waals surface area contributed by atoms with Gasteiger partial charge in [0.1, 0.15) is 0 Å². The lowest BCUT2D eigenvalue weighted by molar-refractivity contribution is -0.124. The van der Waals surface area contributed by atoms with Gasteiger partial charge in [-0.05, 0) is 37.8 Å². The molecule has 1 amide bonds. The van der Waals surface area contributed by atoms with Gasteiger partial charge in [0, 0.05) is 12.6 Å². The highest BCUT2D eigenvalue weighted by molar-refractivity contribution is 5.82. The van der Waals surface area contributed by atoms with Crippen LogP contribution >= 0.6 is 0 Å². The van der Waals surface area contributed by atoms with Crippen LogP contribution < -0.4 is 16.4 Å². The lowest BCUT2D eigenvalue weighted by Gasteiger charge is -2.23. The molecule has 4 N–H and O–H groups in total. The molecule has 1 aromatic carbocycles. The molecule has 0 heterocycles. The first-order chi connectivity index (χ1) is 11.8. The third-order valence-corrected chi connectivity index (χ3v) is 4.86. The van der Waals surface area contributed by atoms with Gasteiger partial charge in [0.2, 0.25) is 5.91 Å². The fourth-order valence-corrected chi connectivity index (χ4v) is 3.38. The maximum Gasteiger partial charge on any atom is 0.237 e. The van der Waals surface area contributed by atoms with Crippen molar-refractivity contribution >= 4 is 5.91 Å². The molecule has 1 atom stereocenters. The number of carbonyl (C=O) groups excluding carboxylic acids is 1.